The molecule has 0 aliphatic carbocycles. The van der Waals surface area contributed by atoms with Gasteiger partial charge in [-0.1, -0.05) is 46.3 Å². The third-order valence-electron chi connectivity index (χ3n) is 3.00. The molecule has 0 amide bonds. The lowest BCUT2D eigenvalue weighted by Gasteiger charge is -2.12. The molecule has 82 valence electrons. The van der Waals surface area contributed by atoms with Crippen LogP contribution < -0.4 is 0 Å². The fraction of sp³-hybridized carbons (Fsp3) is 0.538. The van der Waals surface area contributed by atoms with Crippen LogP contribution in [0.2, 0.25) is 0 Å². The first-order valence-corrected chi connectivity index (χ1v) is 7.69. The zero-order valence-corrected chi connectivity index (χ0v) is 11.3. The maximum Gasteiger partial charge on any atom is 0.0272 e. The number of hydrogen-bond donors (Lipinski definition) is 0. The minimum atomic E-state index is 0.762. The molecule has 1 saturated heterocycles. The SMILES string of the molecule is BrC1CSCC1CCCc1ccccc1. The summed E-state index contributed by atoms with van der Waals surface area (Å²) >= 11 is 5.86. The second-order valence-electron chi connectivity index (χ2n) is 4.19. The molecule has 1 heterocycles. The minimum absolute atomic E-state index is 0.762. The van der Waals surface area contributed by atoms with Crippen LogP contribution in [0.4, 0.5) is 0 Å². The maximum absolute atomic E-state index is 3.77. The van der Waals surface area contributed by atoms with Gasteiger partial charge in [-0.3, -0.25) is 0 Å². The molecule has 2 rings (SSSR count). The van der Waals surface area contributed by atoms with Gasteiger partial charge in [0.25, 0.3) is 0 Å². The lowest BCUT2D eigenvalue weighted by molar-refractivity contribution is 0.536. The van der Waals surface area contributed by atoms with Crippen LogP contribution in [-0.2, 0) is 6.42 Å². The Kier molecular flexibility index (Phi) is 4.58. The number of aryl methyl sites for hydroxylation is 1. The summed E-state index contributed by atoms with van der Waals surface area (Å²) in [6.07, 6.45) is 3.94. The van der Waals surface area contributed by atoms with Crippen LogP contribution in [0.3, 0.4) is 0 Å². The molecule has 1 aromatic carbocycles. The van der Waals surface area contributed by atoms with Crippen molar-refractivity contribution in [3.05, 3.63) is 35.9 Å². The van der Waals surface area contributed by atoms with E-state index in [2.05, 4.69) is 58.0 Å². The number of alkyl halides is 1. The summed E-state index contributed by atoms with van der Waals surface area (Å²) in [5.74, 6) is 3.56. The van der Waals surface area contributed by atoms with E-state index >= 15 is 0 Å². The average molecular weight is 285 g/mol. The van der Waals surface area contributed by atoms with Gasteiger partial charge in [0.05, 0.1) is 0 Å². The van der Waals surface area contributed by atoms with E-state index in [1.165, 1.54) is 36.3 Å². The van der Waals surface area contributed by atoms with Crippen molar-refractivity contribution in [2.75, 3.05) is 11.5 Å². The third kappa shape index (κ3) is 3.53. The highest BCUT2D eigenvalue weighted by Crippen LogP contribution is 2.33. The van der Waals surface area contributed by atoms with Gasteiger partial charge in [-0.15, -0.1) is 0 Å². The Morgan fingerprint density at radius 1 is 1.20 bits per heavy atom. The number of thioether (sulfide) groups is 1. The van der Waals surface area contributed by atoms with E-state index in [1.807, 2.05) is 0 Å². The predicted octanol–water partition coefficient (Wildman–Crippen LogP) is 4.14. The monoisotopic (exact) mass is 284 g/mol. The highest BCUT2D eigenvalue weighted by molar-refractivity contribution is 9.09. The standard InChI is InChI=1S/C13H17BrS/c14-13-10-15-9-12(13)8-4-7-11-5-2-1-3-6-11/h1-3,5-6,12-13H,4,7-10H2. The molecule has 2 unspecified atom stereocenters. The van der Waals surface area contributed by atoms with E-state index in [0.29, 0.717) is 0 Å². The zero-order chi connectivity index (χ0) is 10.5. The van der Waals surface area contributed by atoms with Gasteiger partial charge in [0.2, 0.25) is 0 Å². The van der Waals surface area contributed by atoms with Crippen molar-refractivity contribution in [3.8, 4) is 0 Å². The second-order valence-corrected chi connectivity index (χ2v) is 6.44. The second kappa shape index (κ2) is 5.95. The molecule has 0 saturated carbocycles. The topological polar surface area (TPSA) is 0 Å². The molecule has 1 fully saturated rings. The average Bonchev–Trinajstić information content (AvgIpc) is 2.66. The molecule has 1 aliphatic rings. The van der Waals surface area contributed by atoms with E-state index in [-0.39, 0.29) is 0 Å². The summed E-state index contributed by atoms with van der Waals surface area (Å²) in [7, 11) is 0. The molecular formula is C13H17BrS. The highest BCUT2D eigenvalue weighted by Gasteiger charge is 2.24. The van der Waals surface area contributed by atoms with Gasteiger partial charge in [0, 0.05) is 10.6 Å². The van der Waals surface area contributed by atoms with E-state index < -0.39 is 0 Å². The van der Waals surface area contributed by atoms with Crippen LogP contribution in [0.25, 0.3) is 0 Å². The lowest BCUT2D eigenvalue weighted by Crippen LogP contribution is -2.11. The molecule has 1 aromatic rings. The third-order valence-corrected chi connectivity index (χ3v) is 5.76. The van der Waals surface area contributed by atoms with Gasteiger partial charge in [-0.2, -0.15) is 11.8 Å². The molecular weight excluding hydrogens is 268 g/mol. The smallest absolute Gasteiger partial charge is 0.0272 e. The highest BCUT2D eigenvalue weighted by atomic mass is 79.9. The zero-order valence-electron chi connectivity index (χ0n) is 8.86. The van der Waals surface area contributed by atoms with E-state index in [9.17, 15) is 0 Å². The van der Waals surface area contributed by atoms with Crippen LogP contribution in [0.1, 0.15) is 18.4 Å². The Morgan fingerprint density at radius 3 is 2.67 bits per heavy atom. The Hall–Kier alpha value is 0.0500. The molecule has 1 aliphatic heterocycles. The van der Waals surface area contributed by atoms with Crippen LogP contribution >= 0.6 is 27.7 Å². The number of hydrogen-bond acceptors (Lipinski definition) is 1. The number of rotatable bonds is 4. The molecule has 0 bridgehead atoms. The molecule has 0 nitrogen and oxygen atoms in total. The Bertz CT molecular complexity index is 286. The fourth-order valence-corrected chi connectivity index (χ4v) is 4.64. The maximum atomic E-state index is 3.77. The molecule has 0 N–H and O–H groups in total. The van der Waals surface area contributed by atoms with Gasteiger partial charge >= 0.3 is 0 Å². The number of halogens is 1. The van der Waals surface area contributed by atoms with Crippen molar-refractivity contribution in [2.24, 2.45) is 5.92 Å². The van der Waals surface area contributed by atoms with Crippen LogP contribution in [-0.4, -0.2) is 16.3 Å². The molecule has 15 heavy (non-hydrogen) atoms. The minimum Gasteiger partial charge on any atom is -0.161 e. The summed E-state index contributed by atoms with van der Waals surface area (Å²) in [6, 6.07) is 10.8. The first-order chi connectivity index (χ1) is 7.36. The summed E-state index contributed by atoms with van der Waals surface area (Å²) in [5.41, 5.74) is 1.48. The lowest BCUT2D eigenvalue weighted by atomic mass is 9.99. The first kappa shape index (κ1) is 11.5. The van der Waals surface area contributed by atoms with Gasteiger partial charge in [0.1, 0.15) is 0 Å². The van der Waals surface area contributed by atoms with E-state index in [0.717, 1.165) is 10.7 Å². The van der Waals surface area contributed by atoms with Gasteiger partial charge in [0.15, 0.2) is 0 Å². The molecule has 0 spiro atoms. The van der Waals surface area contributed by atoms with Crippen molar-refractivity contribution in [1.29, 1.82) is 0 Å². The quantitative estimate of drug-likeness (QED) is 0.749. The van der Waals surface area contributed by atoms with E-state index in [4.69, 9.17) is 0 Å². The fourth-order valence-electron chi connectivity index (χ4n) is 2.05. The summed E-state index contributed by atoms with van der Waals surface area (Å²) in [4.78, 5) is 0.762. The van der Waals surface area contributed by atoms with Gasteiger partial charge in [-0.05, 0) is 36.5 Å². The van der Waals surface area contributed by atoms with Crippen molar-refractivity contribution in [2.45, 2.75) is 24.1 Å². The molecule has 0 radical (unpaired) electrons. The molecule has 0 aromatic heterocycles. The van der Waals surface area contributed by atoms with Gasteiger partial charge < -0.3 is 0 Å². The first-order valence-electron chi connectivity index (χ1n) is 5.62. The van der Waals surface area contributed by atoms with Crippen LogP contribution in [0.15, 0.2) is 30.3 Å². The van der Waals surface area contributed by atoms with Crippen LogP contribution in [0, 0.1) is 5.92 Å². The largest absolute Gasteiger partial charge is 0.161 e. The van der Waals surface area contributed by atoms with Crippen molar-refractivity contribution in [1.82, 2.24) is 0 Å². The van der Waals surface area contributed by atoms with E-state index in [1.54, 1.807) is 0 Å². The molecule has 2 atom stereocenters. The normalized spacial score (nSPS) is 25.7. The van der Waals surface area contributed by atoms with Crippen molar-refractivity contribution in [3.63, 3.8) is 0 Å². The summed E-state index contributed by atoms with van der Waals surface area (Å²) < 4.78 is 0. The Morgan fingerprint density at radius 2 is 2.00 bits per heavy atom. The van der Waals surface area contributed by atoms with Crippen molar-refractivity contribution < 1.29 is 0 Å². The predicted molar refractivity (Wildman–Crippen MR) is 72.9 cm³/mol. The summed E-state index contributed by atoms with van der Waals surface area (Å²) in [5, 5.41) is 0. The molecule has 2 heteroatoms. The van der Waals surface area contributed by atoms with Crippen molar-refractivity contribution >= 4 is 27.7 Å². The Labute approximate surface area is 105 Å². The Balaban J connectivity index is 1.71. The van der Waals surface area contributed by atoms with Crippen LogP contribution in [0.5, 0.6) is 0 Å². The number of benzene rings is 1. The summed E-state index contributed by atoms with van der Waals surface area (Å²) in [6.45, 7) is 0. The van der Waals surface area contributed by atoms with Gasteiger partial charge in [-0.25, -0.2) is 0 Å².